The van der Waals surface area contributed by atoms with Gasteiger partial charge in [0.1, 0.15) is 47.9 Å². The van der Waals surface area contributed by atoms with Gasteiger partial charge in [0.15, 0.2) is 10.8 Å². The number of esters is 1. The minimum atomic E-state index is -0.982. The molecular formula is C32H35N5O9S3. The molecule has 0 bridgehead atoms. The second kappa shape index (κ2) is 15.4. The Bertz CT molecular complexity index is 1780. The first-order chi connectivity index (χ1) is 23.4. The summed E-state index contributed by atoms with van der Waals surface area (Å²) >= 11 is 3.94. The number of thioether (sulfide) groups is 1. The van der Waals surface area contributed by atoms with Gasteiger partial charge in [-0.25, -0.2) is 14.6 Å². The minimum absolute atomic E-state index is 0.0244. The summed E-state index contributed by atoms with van der Waals surface area (Å²) in [5, 5.41) is 12.1. The maximum absolute atomic E-state index is 13.8. The van der Waals surface area contributed by atoms with Crippen molar-refractivity contribution in [3.8, 4) is 5.75 Å². The molecule has 0 aliphatic carbocycles. The molecule has 17 heteroatoms. The van der Waals surface area contributed by atoms with Gasteiger partial charge in [0.25, 0.3) is 11.8 Å². The molecule has 0 saturated carbocycles. The van der Waals surface area contributed by atoms with E-state index in [4.69, 9.17) is 23.8 Å². The summed E-state index contributed by atoms with van der Waals surface area (Å²) in [6, 6.07) is 8.01. The lowest BCUT2D eigenvalue weighted by molar-refractivity contribution is -0.152. The van der Waals surface area contributed by atoms with Crippen molar-refractivity contribution in [1.29, 1.82) is 0 Å². The topological polar surface area (TPSA) is 167 Å². The Balaban J connectivity index is 1.35. The number of nitrogens with one attached hydrogen (secondary N) is 2. The Morgan fingerprint density at radius 2 is 1.82 bits per heavy atom. The summed E-state index contributed by atoms with van der Waals surface area (Å²) in [7, 11) is 4.42. The monoisotopic (exact) mass is 729 g/mol. The van der Waals surface area contributed by atoms with Crippen molar-refractivity contribution >= 4 is 74.7 Å². The molecular weight excluding hydrogens is 695 g/mol. The molecule has 4 heterocycles. The van der Waals surface area contributed by atoms with Gasteiger partial charge in [-0.3, -0.25) is 19.8 Å². The predicted octanol–water partition coefficient (Wildman–Crippen LogP) is 4.61. The molecule has 1 fully saturated rings. The van der Waals surface area contributed by atoms with E-state index in [9.17, 15) is 19.2 Å². The van der Waals surface area contributed by atoms with Gasteiger partial charge in [-0.15, -0.1) is 34.4 Å². The quantitative estimate of drug-likeness (QED) is 0.116. The number of carbonyl (C=O) groups is 4. The summed E-state index contributed by atoms with van der Waals surface area (Å²) in [5.41, 5.74) is 1.48. The number of carbonyl (C=O) groups excluding carboxylic acids is 4. The Morgan fingerprint density at radius 3 is 2.49 bits per heavy atom. The lowest BCUT2D eigenvalue weighted by Gasteiger charge is -2.49. The fourth-order valence-corrected chi connectivity index (χ4v) is 7.86. The number of aromatic nitrogens is 1. The van der Waals surface area contributed by atoms with Crippen molar-refractivity contribution in [2.24, 2.45) is 5.16 Å². The van der Waals surface area contributed by atoms with E-state index in [1.807, 2.05) is 11.4 Å². The van der Waals surface area contributed by atoms with Crippen molar-refractivity contribution in [3.05, 3.63) is 68.5 Å². The number of oxime groups is 1. The van der Waals surface area contributed by atoms with Crippen LogP contribution in [0.3, 0.4) is 0 Å². The van der Waals surface area contributed by atoms with Gasteiger partial charge in [0, 0.05) is 28.7 Å². The number of anilines is 1. The van der Waals surface area contributed by atoms with Crippen molar-refractivity contribution < 1.29 is 43.0 Å². The normalized spacial score (nSPS) is 17.6. The third-order valence-electron chi connectivity index (χ3n) is 7.08. The second-order valence-electron chi connectivity index (χ2n) is 11.6. The van der Waals surface area contributed by atoms with Crippen LogP contribution in [0.15, 0.2) is 51.9 Å². The maximum Gasteiger partial charge on any atom is 0.413 e. The second-order valence-corrected chi connectivity index (χ2v) is 14.6. The molecule has 5 rings (SSSR count). The third-order valence-corrected chi connectivity index (χ3v) is 10.0. The number of hydrogen-bond acceptors (Lipinski definition) is 14. The number of amides is 3. The van der Waals surface area contributed by atoms with Crippen molar-refractivity contribution in [2.75, 3.05) is 32.4 Å². The molecule has 2 atom stereocenters. The smallest absolute Gasteiger partial charge is 0.413 e. The van der Waals surface area contributed by atoms with Crippen LogP contribution in [-0.2, 0) is 46.6 Å². The summed E-state index contributed by atoms with van der Waals surface area (Å²) in [6.45, 7) is 5.49. The fraction of sp³-hybridized carbons (Fsp3) is 0.375. The molecule has 3 amide bonds. The number of fused-ring (bicyclic) bond motifs is 1. The average molecular weight is 730 g/mol. The molecule has 0 radical (unpaired) electrons. The van der Waals surface area contributed by atoms with Crippen LogP contribution < -0.4 is 15.4 Å². The molecule has 260 valence electrons. The van der Waals surface area contributed by atoms with E-state index in [-0.39, 0.29) is 28.8 Å². The van der Waals surface area contributed by atoms with E-state index in [0.717, 1.165) is 27.3 Å². The molecule has 0 unspecified atom stereocenters. The molecule has 49 heavy (non-hydrogen) atoms. The zero-order valence-corrected chi connectivity index (χ0v) is 30.0. The highest BCUT2D eigenvalue weighted by atomic mass is 32.2. The summed E-state index contributed by atoms with van der Waals surface area (Å²) in [5.74, 6) is -0.858. The first-order valence-corrected chi connectivity index (χ1v) is 17.7. The zero-order valence-electron chi connectivity index (χ0n) is 27.6. The van der Waals surface area contributed by atoms with Gasteiger partial charge in [0.2, 0.25) is 0 Å². The van der Waals surface area contributed by atoms with Crippen molar-refractivity contribution in [2.45, 2.75) is 51.0 Å². The molecule has 3 aromatic rings. The number of ether oxygens (including phenoxy) is 4. The Morgan fingerprint density at radius 1 is 1.06 bits per heavy atom. The Kier molecular flexibility index (Phi) is 11.3. The number of methoxy groups -OCH3 is 2. The summed E-state index contributed by atoms with van der Waals surface area (Å²) in [4.78, 5) is 64.7. The molecule has 0 spiro atoms. The highest BCUT2D eigenvalue weighted by Crippen LogP contribution is 2.45. The average Bonchev–Trinajstić information content (AvgIpc) is 3.73. The van der Waals surface area contributed by atoms with Crippen molar-refractivity contribution in [3.63, 3.8) is 0 Å². The lowest BCUT2D eigenvalue weighted by Crippen LogP contribution is -2.71. The van der Waals surface area contributed by atoms with Crippen LogP contribution in [-0.4, -0.2) is 83.6 Å². The largest absolute Gasteiger partial charge is 0.497 e. The molecule has 1 saturated heterocycles. The van der Waals surface area contributed by atoms with E-state index in [0.29, 0.717) is 23.7 Å². The molecule has 1 aromatic carbocycles. The molecule has 14 nitrogen and oxygen atoms in total. The summed E-state index contributed by atoms with van der Waals surface area (Å²) in [6.07, 6.45) is -0.708. The maximum atomic E-state index is 13.8. The third kappa shape index (κ3) is 8.24. The number of hydrogen-bond donors (Lipinski definition) is 2. The Labute approximate surface area is 294 Å². The predicted molar refractivity (Wildman–Crippen MR) is 185 cm³/mol. The van der Waals surface area contributed by atoms with Gasteiger partial charge in [-0.2, -0.15) is 0 Å². The van der Waals surface area contributed by atoms with E-state index in [1.165, 1.54) is 40.5 Å². The first kappa shape index (κ1) is 35.8. The fourth-order valence-electron chi connectivity index (χ4n) is 4.94. The van der Waals surface area contributed by atoms with Crippen LogP contribution >= 0.6 is 34.4 Å². The first-order valence-electron chi connectivity index (χ1n) is 14.9. The zero-order chi connectivity index (χ0) is 35.3. The van der Waals surface area contributed by atoms with E-state index in [2.05, 4.69) is 20.8 Å². The molecule has 2 aliphatic heterocycles. The number of thiazole rings is 1. The van der Waals surface area contributed by atoms with Gasteiger partial charge in [-0.05, 0) is 55.5 Å². The van der Waals surface area contributed by atoms with Crippen LogP contribution in [0.1, 0.15) is 42.5 Å². The number of β-lactam (4-membered cyclic amide) rings is 1. The lowest BCUT2D eigenvalue weighted by atomic mass is 9.99. The highest BCUT2D eigenvalue weighted by molar-refractivity contribution is 8.00. The van der Waals surface area contributed by atoms with E-state index >= 15 is 0 Å². The van der Waals surface area contributed by atoms with Crippen LogP contribution in [0.5, 0.6) is 5.75 Å². The number of nitrogens with zero attached hydrogens (tertiary/aromatic N) is 3. The minimum Gasteiger partial charge on any atom is -0.497 e. The standard InChI is InChI=1S/C32H35N5O9S3/c1-32(2,3)46-31(41)35-30-33-21(16-49-30)23(36-44-6)26(38)34-24-27(39)37-25(29(40)45-13-17-7-9-18(43-5)10-8-17)20(15-48-28(24)37)19-11-12-47-22(19)14-42-4/h7-12,16,24,28H,13-15H2,1-6H3,(H,34,38)(H,33,35,41)/t24-,28+/m1/s1. The molecule has 2 N–H and O–H groups in total. The van der Waals surface area contributed by atoms with Crippen LogP contribution in [0.4, 0.5) is 9.93 Å². The van der Waals surface area contributed by atoms with Crippen LogP contribution in [0.25, 0.3) is 5.57 Å². The number of thiophene rings is 1. The number of benzene rings is 1. The van der Waals surface area contributed by atoms with Crippen LogP contribution in [0, 0.1) is 0 Å². The van der Waals surface area contributed by atoms with Crippen LogP contribution in [0.2, 0.25) is 0 Å². The van der Waals surface area contributed by atoms with Gasteiger partial charge >= 0.3 is 12.1 Å². The Hall–Kier alpha value is -4.45. The number of rotatable bonds is 12. The van der Waals surface area contributed by atoms with E-state index < -0.39 is 40.9 Å². The SMILES string of the molecule is COCc1sccc1C1=C(C(=O)OCc2ccc(OC)cc2)N2C(=O)[C@@H](NC(=O)C(=NOC)c3csc(NC(=O)OC(C)(C)C)n3)[C@@H]2SC1. The van der Waals surface area contributed by atoms with E-state index in [1.54, 1.807) is 59.3 Å². The van der Waals surface area contributed by atoms with Gasteiger partial charge in [0.05, 0.1) is 13.7 Å². The molecule has 2 aliphatic rings. The highest BCUT2D eigenvalue weighted by Gasteiger charge is 2.55. The van der Waals surface area contributed by atoms with Gasteiger partial charge < -0.3 is 29.1 Å². The van der Waals surface area contributed by atoms with Gasteiger partial charge in [-0.1, -0.05) is 17.3 Å². The van der Waals surface area contributed by atoms with Crippen molar-refractivity contribution in [1.82, 2.24) is 15.2 Å². The summed E-state index contributed by atoms with van der Waals surface area (Å²) < 4.78 is 21.6. The molecule has 2 aromatic heterocycles.